The molecule has 14 nitrogen and oxygen atoms in total. The number of hydrogen-bond acceptors (Lipinski definition) is 12. The highest BCUT2D eigenvalue weighted by atomic mass is 16.6. The Kier molecular flexibility index (Phi) is 13.3. The van der Waals surface area contributed by atoms with E-state index in [1.165, 1.54) is 0 Å². The lowest BCUT2D eigenvalue weighted by atomic mass is 10.1. The molecule has 0 N–H and O–H groups in total. The Balaban J connectivity index is 0.000000194. The van der Waals surface area contributed by atoms with E-state index in [-0.39, 0.29) is 12.2 Å². The average Bonchev–Trinajstić information content (AvgIpc) is 3.81. The van der Waals surface area contributed by atoms with Crippen LogP contribution in [0, 0.1) is 13.8 Å². The summed E-state index contributed by atoms with van der Waals surface area (Å²) in [6, 6.07) is 16.0. The largest absolute Gasteiger partial charge is 0.449 e. The maximum atomic E-state index is 11.9. The summed E-state index contributed by atoms with van der Waals surface area (Å²) < 4.78 is 21.1. The Hall–Kier alpha value is -4.82. The highest BCUT2D eigenvalue weighted by molar-refractivity contribution is 5.68. The van der Waals surface area contributed by atoms with Crippen molar-refractivity contribution in [3.05, 3.63) is 71.3 Å². The van der Waals surface area contributed by atoms with Crippen LogP contribution in [0.25, 0.3) is 22.9 Å². The number of piperazine rings is 2. The molecular weight excluding hydrogens is 640 g/mol. The van der Waals surface area contributed by atoms with E-state index < -0.39 is 0 Å². The highest BCUT2D eigenvalue weighted by Crippen LogP contribution is 2.20. The van der Waals surface area contributed by atoms with Crippen LogP contribution in [0.5, 0.6) is 0 Å². The van der Waals surface area contributed by atoms with Crippen molar-refractivity contribution in [2.45, 2.75) is 53.6 Å². The number of aromatic nitrogens is 4. The third kappa shape index (κ3) is 10.6. The van der Waals surface area contributed by atoms with Crippen molar-refractivity contribution in [2.75, 3.05) is 65.6 Å². The van der Waals surface area contributed by atoms with Crippen LogP contribution in [-0.4, -0.2) is 118 Å². The van der Waals surface area contributed by atoms with Gasteiger partial charge in [0.1, 0.15) is 0 Å². The summed E-state index contributed by atoms with van der Waals surface area (Å²) >= 11 is 0. The molecule has 0 saturated carbocycles. The topological polar surface area (TPSA) is 143 Å². The third-order valence-electron chi connectivity index (χ3n) is 8.32. The van der Waals surface area contributed by atoms with Crippen LogP contribution >= 0.6 is 0 Å². The number of benzene rings is 2. The molecule has 0 atom stereocenters. The fourth-order valence-corrected chi connectivity index (χ4v) is 5.57. The molecule has 0 radical (unpaired) electrons. The third-order valence-corrected chi connectivity index (χ3v) is 8.32. The van der Waals surface area contributed by atoms with Gasteiger partial charge in [-0.2, -0.15) is 9.97 Å². The van der Waals surface area contributed by atoms with E-state index in [0.717, 1.165) is 61.3 Å². The summed E-state index contributed by atoms with van der Waals surface area (Å²) in [5.41, 5.74) is 4.18. The number of amides is 2. The molecule has 4 aromatic rings. The summed E-state index contributed by atoms with van der Waals surface area (Å²) in [5.74, 6) is 2.41. The van der Waals surface area contributed by atoms with Crippen molar-refractivity contribution in [3.8, 4) is 22.9 Å². The van der Waals surface area contributed by atoms with Crippen LogP contribution in [-0.2, 0) is 22.6 Å². The first-order valence-corrected chi connectivity index (χ1v) is 17.4. The molecule has 0 spiro atoms. The second kappa shape index (κ2) is 18.3. The summed E-state index contributed by atoms with van der Waals surface area (Å²) in [6.45, 7) is 16.0. The van der Waals surface area contributed by atoms with Gasteiger partial charge in [-0.25, -0.2) is 9.59 Å². The van der Waals surface area contributed by atoms with Gasteiger partial charge >= 0.3 is 12.2 Å². The Bertz CT molecular complexity index is 1540. The zero-order valence-corrected chi connectivity index (χ0v) is 29.5. The maximum absolute atomic E-state index is 11.9. The molecule has 2 fully saturated rings. The minimum atomic E-state index is -0.220. The van der Waals surface area contributed by atoms with Crippen LogP contribution in [0.4, 0.5) is 9.59 Å². The summed E-state index contributed by atoms with van der Waals surface area (Å²) in [4.78, 5) is 40.6. The summed E-state index contributed by atoms with van der Waals surface area (Å²) in [5, 5.41) is 8.16. The average molecular weight is 689 g/mol. The Morgan fingerprint density at radius 2 is 1.04 bits per heavy atom. The molecule has 2 aliphatic rings. The van der Waals surface area contributed by atoms with E-state index in [0.29, 0.717) is 75.9 Å². The first-order chi connectivity index (χ1) is 24.3. The molecule has 2 saturated heterocycles. The van der Waals surface area contributed by atoms with E-state index in [1.807, 2.05) is 76.2 Å². The van der Waals surface area contributed by atoms with Gasteiger partial charge in [-0.15, -0.1) is 0 Å². The zero-order valence-electron chi connectivity index (χ0n) is 29.5. The van der Waals surface area contributed by atoms with E-state index in [4.69, 9.17) is 18.5 Å². The Labute approximate surface area is 293 Å². The number of carbonyl (C=O) groups excluding carboxylic acids is 2. The van der Waals surface area contributed by atoms with Gasteiger partial charge in [-0.1, -0.05) is 59.6 Å². The normalized spacial score (nSPS) is 15.4. The molecule has 6 rings (SSSR count). The first-order valence-electron chi connectivity index (χ1n) is 17.4. The molecule has 0 unspecified atom stereocenters. The van der Waals surface area contributed by atoms with Gasteiger partial charge in [-0.3, -0.25) is 9.80 Å². The number of carbonyl (C=O) groups is 2. The molecule has 2 aromatic heterocycles. The second-order valence-electron chi connectivity index (χ2n) is 12.5. The van der Waals surface area contributed by atoms with Gasteiger partial charge < -0.3 is 28.3 Å². The van der Waals surface area contributed by atoms with E-state index >= 15 is 0 Å². The van der Waals surface area contributed by atoms with Gasteiger partial charge in [-0.05, 0) is 51.0 Å². The second-order valence-corrected chi connectivity index (χ2v) is 12.5. The highest BCUT2D eigenvalue weighted by Gasteiger charge is 2.24. The lowest BCUT2D eigenvalue weighted by Crippen LogP contribution is -2.48. The van der Waals surface area contributed by atoms with Crippen molar-refractivity contribution in [3.63, 3.8) is 0 Å². The monoisotopic (exact) mass is 688 g/mol. The fourth-order valence-electron chi connectivity index (χ4n) is 5.57. The standard InChI is InChI=1S/2C18H24N4O3/c2*1-3-11-24-18(23)22-9-7-21(8-10-22)13-16-19-17(25-20-16)15-6-4-5-14(2)12-15/h2*4-6,12H,3,7-11,13H2,1-2H3. The molecule has 14 heteroatoms. The van der Waals surface area contributed by atoms with Crippen molar-refractivity contribution in [1.29, 1.82) is 0 Å². The SMILES string of the molecule is CCCOC(=O)N1CCN(Cc2noc(-c3cccc(C)c3)n2)CC1.CCCOC(=O)N1CCN(Cc2noc(-c3cccc(C)c3)n2)CC1. The minimum absolute atomic E-state index is 0.220. The van der Waals surface area contributed by atoms with Gasteiger partial charge in [0.2, 0.25) is 0 Å². The predicted octanol–water partition coefficient (Wildman–Crippen LogP) is 5.42. The Morgan fingerprint density at radius 3 is 1.40 bits per heavy atom. The van der Waals surface area contributed by atoms with Crippen LogP contribution in [0.15, 0.2) is 57.6 Å². The van der Waals surface area contributed by atoms with Crippen molar-refractivity contribution >= 4 is 12.2 Å². The minimum Gasteiger partial charge on any atom is -0.449 e. The molecule has 2 aliphatic heterocycles. The van der Waals surface area contributed by atoms with E-state index in [9.17, 15) is 9.59 Å². The number of hydrogen-bond donors (Lipinski definition) is 0. The molecule has 0 aliphatic carbocycles. The first kappa shape index (κ1) is 36.5. The van der Waals surface area contributed by atoms with Gasteiger partial charge in [0.05, 0.1) is 26.3 Å². The van der Waals surface area contributed by atoms with Crippen LogP contribution in [0.2, 0.25) is 0 Å². The molecule has 50 heavy (non-hydrogen) atoms. The number of ether oxygens (including phenoxy) is 2. The molecular formula is C36H48N8O6. The molecule has 2 aromatic carbocycles. The summed E-state index contributed by atoms with van der Waals surface area (Å²) in [7, 11) is 0. The number of rotatable bonds is 10. The van der Waals surface area contributed by atoms with Crippen LogP contribution < -0.4 is 0 Å². The fraction of sp³-hybridized carbons (Fsp3) is 0.500. The smallest absolute Gasteiger partial charge is 0.409 e. The Morgan fingerprint density at radius 1 is 0.640 bits per heavy atom. The molecule has 4 heterocycles. The van der Waals surface area contributed by atoms with Gasteiger partial charge in [0.25, 0.3) is 11.8 Å². The molecule has 268 valence electrons. The van der Waals surface area contributed by atoms with Crippen LogP contribution in [0.1, 0.15) is 49.5 Å². The summed E-state index contributed by atoms with van der Waals surface area (Å²) in [6.07, 6.45) is 1.24. The zero-order chi connectivity index (χ0) is 35.3. The molecule has 2 amide bonds. The number of aryl methyl sites for hydroxylation is 2. The van der Waals surface area contributed by atoms with Crippen molar-refractivity contribution < 1.29 is 28.1 Å². The maximum Gasteiger partial charge on any atom is 0.409 e. The van der Waals surface area contributed by atoms with E-state index in [1.54, 1.807) is 9.80 Å². The quantitative estimate of drug-likeness (QED) is 0.210. The number of nitrogens with zero attached hydrogens (tertiary/aromatic N) is 8. The lowest BCUT2D eigenvalue weighted by Gasteiger charge is -2.33. The van der Waals surface area contributed by atoms with Crippen molar-refractivity contribution in [1.82, 2.24) is 39.9 Å². The molecule has 0 bridgehead atoms. The predicted molar refractivity (Wildman–Crippen MR) is 186 cm³/mol. The van der Waals surface area contributed by atoms with Gasteiger partial charge in [0, 0.05) is 63.5 Å². The lowest BCUT2D eigenvalue weighted by molar-refractivity contribution is 0.0732. The van der Waals surface area contributed by atoms with Crippen LogP contribution in [0.3, 0.4) is 0 Å². The van der Waals surface area contributed by atoms with Gasteiger partial charge in [0.15, 0.2) is 11.6 Å². The van der Waals surface area contributed by atoms with Crippen molar-refractivity contribution in [2.24, 2.45) is 0 Å². The van der Waals surface area contributed by atoms with E-state index in [2.05, 4.69) is 30.1 Å².